The Morgan fingerprint density at radius 2 is 2.24 bits per heavy atom. The molecule has 2 heterocycles. The molecule has 0 saturated carbocycles. The number of aromatic nitrogens is 2. The Kier molecular flexibility index (Phi) is 4.25. The van der Waals surface area contributed by atoms with Crippen LogP contribution >= 0.6 is 27.3 Å². The topological polar surface area (TPSA) is 46.0 Å². The molecule has 1 atom stereocenters. The van der Waals surface area contributed by atoms with E-state index in [0.29, 0.717) is 12.8 Å². The minimum absolute atomic E-state index is 0.422. The van der Waals surface area contributed by atoms with Crippen molar-refractivity contribution in [2.24, 2.45) is 0 Å². The smallest absolute Gasteiger partial charge is 0.0954 e. The lowest BCUT2D eigenvalue weighted by molar-refractivity contribution is 0.174. The second-order valence-electron chi connectivity index (χ2n) is 3.91. The van der Waals surface area contributed by atoms with Crippen molar-refractivity contribution in [3.05, 3.63) is 44.6 Å². The molecule has 3 nitrogen and oxygen atoms in total. The Morgan fingerprint density at radius 1 is 1.41 bits per heavy atom. The van der Waals surface area contributed by atoms with E-state index in [-0.39, 0.29) is 0 Å². The monoisotopic (exact) mass is 312 g/mol. The second kappa shape index (κ2) is 5.71. The molecule has 5 heteroatoms. The van der Waals surface area contributed by atoms with Gasteiger partial charge in [-0.3, -0.25) is 4.98 Å². The highest BCUT2D eigenvalue weighted by atomic mass is 79.9. The summed E-state index contributed by atoms with van der Waals surface area (Å²) in [6.45, 7) is 1.96. The van der Waals surface area contributed by atoms with Crippen molar-refractivity contribution in [2.75, 3.05) is 0 Å². The van der Waals surface area contributed by atoms with Crippen molar-refractivity contribution in [1.82, 2.24) is 9.97 Å². The van der Waals surface area contributed by atoms with Crippen LogP contribution in [0.25, 0.3) is 0 Å². The standard InChI is InChI=1S/C12H13BrN2OS/c1-8-7-17-12(15-8)5-11(16)4-10-3-2-9(13)6-14-10/h2-3,6-7,11,16H,4-5H2,1H3. The summed E-state index contributed by atoms with van der Waals surface area (Å²) in [7, 11) is 0. The van der Waals surface area contributed by atoms with E-state index in [1.54, 1.807) is 17.5 Å². The van der Waals surface area contributed by atoms with Crippen molar-refractivity contribution in [3.8, 4) is 0 Å². The maximum absolute atomic E-state index is 9.95. The van der Waals surface area contributed by atoms with E-state index < -0.39 is 6.10 Å². The van der Waals surface area contributed by atoms with Gasteiger partial charge in [-0.05, 0) is 35.0 Å². The zero-order chi connectivity index (χ0) is 12.3. The van der Waals surface area contributed by atoms with Crippen molar-refractivity contribution in [3.63, 3.8) is 0 Å². The molecule has 0 fully saturated rings. The highest BCUT2D eigenvalue weighted by molar-refractivity contribution is 9.10. The SMILES string of the molecule is Cc1csc(CC(O)Cc2ccc(Br)cn2)n1. The highest BCUT2D eigenvalue weighted by Crippen LogP contribution is 2.14. The fourth-order valence-corrected chi connectivity index (χ4v) is 2.62. The van der Waals surface area contributed by atoms with E-state index in [9.17, 15) is 5.11 Å². The van der Waals surface area contributed by atoms with Gasteiger partial charge >= 0.3 is 0 Å². The fraction of sp³-hybridized carbons (Fsp3) is 0.333. The maximum Gasteiger partial charge on any atom is 0.0954 e. The first-order valence-electron chi connectivity index (χ1n) is 5.33. The molecule has 1 unspecified atom stereocenters. The minimum atomic E-state index is -0.422. The minimum Gasteiger partial charge on any atom is -0.392 e. The Bertz CT molecular complexity index is 484. The number of aliphatic hydroxyl groups is 1. The summed E-state index contributed by atoms with van der Waals surface area (Å²) in [5.41, 5.74) is 1.91. The number of hydrogen-bond donors (Lipinski definition) is 1. The van der Waals surface area contributed by atoms with Crippen LogP contribution in [0.1, 0.15) is 16.4 Å². The Hall–Kier alpha value is -0.780. The van der Waals surface area contributed by atoms with E-state index in [0.717, 1.165) is 20.9 Å². The number of thiazole rings is 1. The molecule has 1 N–H and O–H groups in total. The zero-order valence-corrected chi connectivity index (χ0v) is 11.8. The van der Waals surface area contributed by atoms with Crippen molar-refractivity contribution >= 4 is 27.3 Å². The highest BCUT2D eigenvalue weighted by Gasteiger charge is 2.10. The summed E-state index contributed by atoms with van der Waals surface area (Å²) in [6.07, 6.45) is 2.48. The van der Waals surface area contributed by atoms with E-state index in [2.05, 4.69) is 25.9 Å². The lowest BCUT2D eigenvalue weighted by Gasteiger charge is -2.07. The summed E-state index contributed by atoms with van der Waals surface area (Å²) >= 11 is 4.93. The van der Waals surface area contributed by atoms with Gasteiger partial charge in [0.15, 0.2) is 0 Å². The third kappa shape index (κ3) is 3.87. The largest absolute Gasteiger partial charge is 0.392 e. The molecule has 0 aliphatic carbocycles. The molecule has 0 saturated heterocycles. The predicted octanol–water partition coefficient (Wildman–Crippen LogP) is 2.76. The third-order valence-corrected chi connectivity index (χ3v) is 3.77. The number of halogens is 1. The van der Waals surface area contributed by atoms with Crippen LogP contribution in [0.5, 0.6) is 0 Å². The summed E-state index contributed by atoms with van der Waals surface area (Å²) in [4.78, 5) is 8.58. The second-order valence-corrected chi connectivity index (χ2v) is 5.77. The lowest BCUT2D eigenvalue weighted by Crippen LogP contribution is -2.14. The van der Waals surface area contributed by atoms with Crippen LogP contribution in [0.3, 0.4) is 0 Å². The van der Waals surface area contributed by atoms with Gasteiger partial charge in [0.2, 0.25) is 0 Å². The molecule has 0 aliphatic rings. The van der Waals surface area contributed by atoms with E-state index in [4.69, 9.17) is 0 Å². The summed E-state index contributed by atoms with van der Waals surface area (Å²) in [5.74, 6) is 0. The first-order valence-corrected chi connectivity index (χ1v) is 7.00. The summed E-state index contributed by atoms with van der Waals surface area (Å²) in [6, 6.07) is 3.85. The number of nitrogens with zero attached hydrogens (tertiary/aromatic N) is 2. The molecule has 0 aromatic carbocycles. The number of hydrogen-bond acceptors (Lipinski definition) is 4. The average Bonchev–Trinajstić information content (AvgIpc) is 2.67. The predicted molar refractivity (Wildman–Crippen MR) is 72.2 cm³/mol. The molecule has 90 valence electrons. The zero-order valence-electron chi connectivity index (χ0n) is 9.43. The van der Waals surface area contributed by atoms with Crippen LogP contribution < -0.4 is 0 Å². The number of rotatable bonds is 4. The number of aryl methyl sites for hydroxylation is 1. The lowest BCUT2D eigenvalue weighted by atomic mass is 10.1. The first-order chi connectivity index (χ1) is 8.13. The molecule has 0 spiro atoms. The van der Waals surface area contributed by atoms with Crippen LogP contribution in [-0.4, -0.2) is 21.2 Å². The van der Waals surface area contributed by atoms with Crippen LogP contribution in [0.2, 0.25) is 0 Å². The molecule has 0 aliphatic heterocycles. The van der Waals surface area contributed by atoms with Crippen molar-refractivity contribution in [2.45, 2.75) is 25.9 Å². The molecular weight excluding hydrogens is 300 g/mol. The van der Waals surface area contributed by atoms with Crippen LogP contribution in [-0.2, 0) is 12.8 Å². The Morgan fingerprint density at radius 3 is 2.82 bits per heavy atom. The van der Waals surface area contributed by atoms with Gasteiger partial charge in [0.25, 0.3) is 0 Å². The van der Waals surface area contributed by atoms with Gasteiger partial charge in [-0.1, -0.05) is 0 Å². The Labute approximate surface area is 113 Å². The maximum atomic E-state index is 9.95. The van der Waals surface area contributed by atoms with Gasteiger partial charge in [0.05, 0.1) is 11.1 Å². The molecule has 2 rings (SSSR count). The van der Waals surface area contributed by atoms with Gasteiger partial charge in [0.1, 0.15) is 0 Å². The van der Waals surface area contributed by atoms with E-state index >= 15 is 0 Å². The summed E-state index contributed by atoms with van der Waals surface area (Å²) in [5, 5.41) is 12.9. The van der Waals surface area contributed by atoms with Gasteiger partial charge in [-0.2, -0.15) is 0 Å². The third-order valence-electron chi connectivity index (χ3n) is 2.31. The fourth-order valence-electron chi connectivity index (χ4n) is 1.54. The molecular formula is C12H13BrN2OS. The first kappa shape index (κ1) is 12.7. The number of aliphatic hydroxyl groups excluding tert-OH is 1. The van der Waals surface area contributed by atoms with Crippen LogP contribution in [0.15, 0.2) is 28.2 Å². The van der Waals surface area contributed by atoms with E-state index in [1.807, 2.05) is 24.4 Å². The average molecular weight is 313 g/mol. The normalized spacial score (nSPS) is 12.6. The van der Waals surface area contributed by atoms with Crippen molar-refractivity contribution in [1.29, 1.82) is 0 Å². The van der Waals surface area contributed by atoms with Gasteiger partial charge < -0.3 is 5.11 Å². The molecule has 0 amide bonds. The van der Waals surface area contributed by atoms with Gasteiger partial charge in [0, 0.05) is 40.3 Å². The quantitative estimate of drug-likeness (QED) is 0.944. The van der Waals surface area contributed by atoms with Crippen LogP contribution in [0, 0.1) is 6.92 Å². The van der Waals surface area contributed by atoms with Crippen molar-refractivity contribution < 1.29 is 5.11 Å². The molecule has 2 aromatic heterocycles. The summed E-state index contributed by atoms with van der Waals surface area (Å²) < 4.78 is 0.950. The molecule has 17 heavy (non-hydrogen) atoms. The molecule has 2 aromatic rings. The van der Waals surface area contributed by atoms with Gasteiger partial charge in [-0.15, -0.1) is 11.3 Å². The molecule has 0 bridgehead atoms. The Balaban J connectivity index is 1.93. The molecule has 0 radical (unpaired) electrons. The van der Waals surface area contributed by atoms with E-state index in [1.165, 1.54) is 0 Å². The van der Waals surface area contributed by atoms with Gasteiger partial charge in [-0.25, -0.2) is 4.98 Å². The van der Waals surface area contributed by atoms with Crippen LogP contribution in [0.4, 0.5) is 0 Å². The number of pyridine rings is 1.